The van der Waals surface area contributed by atoms with E-state index in [1.807, 2.05) is 30.3 Å². The largest absolute Gasteiger partial charge is 0.371 e. The third-order valence-electron chi connectivity index (χ3n) is 3.96. The van der Waals surface area contributed by atoms with Gasteiger partial charge in [-0.3, -0.25) is 4.79 Å². The van der Waals surface area contributed by atoms with E-state index in [1.54, 1.807) is 11.8 Å². The standard InChI is InChI=1S/C19H21NO2S/c1-2-23-18-10-6-5-9-17(18)19(21)20-12-16-11-14-7-3-4-8-15(14)13-22-16/h3-10,16H,2,11-13H2,1H3,(H,20,21). The molecular formula is C19H21NO2S. The van der Waals surface area contributed by atoms with Gasteiger partial charge in [0.2, 0.25) is 0 Å². The van der Waals surface area contributed by atoms with Gasteiger partial charge >= 0.3 is 0 Å². The van der Waals surface area contributed by atoms with E-state index in [2.05, 4.69) is 30.4 Å². The van der Waals surface area contributed by atoms with Gasteiger partial charge in [-0.05, 0) is 29.0 Å². The van der Waals surface area contributed by atoms with Gasteiger partial charge in [-0.2, -0.15) is 0 Å². The zero-order chi connectivity index (χ0) is 16.1. The Balaban J connectivity index is 1.60. The Bertz CT molecular complexity index is 687. The fourth-order valence-electron chi connectivity index (χ4n) is 2.78. The predicted molar refractivity (Wildman–Crippen MR) is 93.9 cm³/mol. The number of carbonyl (C=O) groups is 1. The first-order valence-electron chi connectivity index (χ1n) is 7.96. The van der Waals surface area contributed by atoms with Gasteiger partial charge in [-0.1, -0.05) is 43.3 Å². The monoisotopic (exact) mass is 327 g/mol. The Morgan fingerprint density at radius 3 is 2.74 bits per heavy atom. The number of amides is 1. The highest BCUT2D eigenvalue weighted by Crippen LogP contribution is 2.23. The number of rotatable bonds is 5. The van der Waals surface area contributed by atoms with Crippen LogP contribution in [0.1, 0.15) is 28.4 Å². The van der Waals surface area contributed by atoms with Crippen molar-refractivity contribution >= 4 is 17.7 Å². The van der Waals surface area contributed by atoms with Crippen LogP contribution in [0.3, 0.4) is 0 Å². The van der Waals surface area contributed by atoms with E-state index in [4.69, 9.17) is 4.74 Å². The van der Waals surface area contributed by atoms with Gasteiger partial charge in [0.05, 0.1) is 18.3 Å². The Kier molecular flexibility index (Phi) is 5.36. The molecule has 1 aliphatic heterocycles. The number of hydrogen-bond acceptors (Lipinski definition) is 3. The highest BCUT2D eigenvalue weighted by atomic mass is 32.2. The number of carbonyl (C=O) groups excluding carboxylic acids is 1. The van der Waals surface area contributed by atoms with Crippen molar-refractivity contribution in [2.75, 3.05) is 12.3 Å². The number of benzene rings is 2. The van der Waals surface area contributed by atoms with Gasteiger partial charge in [-0.25, -0.2) is 0 Å². The smallest absolute Gasteiger partial charge is 0.252 e. The Labute approximate surface area is 141 Å². The molecule has 0 fully saturated rings. The normalized spacial score (nSPS) is 16.7. The highest BCUT2D eigenvalue weighted by molar-refractivity contribution is 7.99. The van der Waals surface area contributed by atoms with E-state index in [9.17, 15) is 4.79 Å². The molecule has 1 atom stereocenters. The third kappa shape index (κ3) is 3.95. The Morgan fingerprint density at radius 2 is 1.91 bits per heavy atom. The molecule has 1 heterocycles. The molecule has 0 spiro atoms. The first-order valence-corrected chi connectivity index (χ1v) is 8.95. The molecule has 120 valence electrons. The van der Waals surface area contributed by atoms with Crippen molar-refractivity contribution in [1.82, 2.24) is 5.32 Å². The summed E-state index contributed by atoms with van der Waals surface area (Å²) < 4.78 is 5.85. The van der Waals surface area contributed by atoms with Crippen molar-refractivity contribution in [2.45, 2.75) is 31.0 Å². The van der Waals surface area contributed by atoms with Crippen LogP contribution in [0.4, 0.5) is 0 Å². The van der Waals surface area contributed by atoms with E-state index in [0.717, 1.165) is 22.6 Å². The Morgan fingerprint density at radius 1 is 1.17 bits per heavy atom. The molecule has 0 bridgehead atoms. The van der Waals surface area contributed by atoms with Crippen LogP contribution in [0, 0.1) is 0 Å². The lowest BCUT2D eigenvalue weighted by Crippen LogP contribution is -2.36. The molecule has 3 rings (SSSR count). The lowest BCUT2D eigenvalue weighted by molar-refractivity contribution is 0.0284. The molecule has 1 unspecified atom stereocenters. The van der Waals surface area contributed by atoms with Gasteiger partial charge in [0.25, 0.3) is 5.91 Å². The fraction of sp³-hybridized carbons (Fsp3) is 0.316. The number of thioether (sulfide) groups is 1. The second-order valence-electron chi connectivity index (χ2n) is 5.55. The van der Waals surface area contributed by atoms with Crippen molar-refractivity contribution in [2.24, 2.45) is 0 Å². The maximum Gasteiger partial charge on any atom is 0.252 e. The predicted octanol–water partition coefficient (Wildman–Crippen LogP) is 3.67. The molecule has 0 saturated carbocycles. The quantitative estimate of drug-likeness (QED) is 0.852. The van der Waals surface area contributed by atoms with Crippen LogP contribution in [0.2, 0.25) is 0 Å². The van der Waals surface area contributed by atoms with Gasteiger partial charge in [0.15, 0.2) is 0 Å². The van der Waals surface area contributed by atoms with Crippen LogP contribution in [-0.4, -0.2) is 24.3 Å². The summed E-state index contributed by atoms with van der Waals surface area (Å²) in [5, 5.41) is 3.02. The topological polar surface area (TPSA) is 38.3 Å². The second kappa shape index (κ2) is 7.66. The molecule has 0 aliphatic carbocycles. The summed E-state index contributed by atoms with van der Waals surface area (Å²) in [6, 6.07) is 16.1. The number of fused-ring (bicyclic) bond motifs is 1. The molecule has 23 heavy (non-hydrogen) atoms. The van der Waals surface area contributed by atoms with Gasteiger partial charge in [-0.15, -0.1) is 11.8 Å². The summed E-state index contributed by atoms with van der Waals surface area (Å²) in [6.45, 7) is 3.25. The molecule has 0 aromatic heterocycles. The zero-order valence-electron chi connectivity index (χ0n) is 13.2. The second-order valence-corrected chi connectivity index (χ2v) is 6.85. The van der Waals surface area contributed by atoms with E-state index >= 15 is 0 Å². The van der Waals surface area contributed by atoms with E-state index in [0.29, 0.717) is 13.2 Å². The maximum atomic E-state index is 12.4. The van der Waals surface area contributed by atoms with Crippen LogP contribution >= 0.6 is 11.8 Å². The number of hydrogen-bond donors (Lipinski definition) is 1. The average molecular weight is 327 g/mol. The first kappa shape index (κ1) is 16.1. The van der Waals surface area contributed by atoms with Crippen molar-refractivity contribution in [3.8, 4) is 0 Å². The molecule has 0 saturated heterocycles. The maximum absolute atomic E-state index is 12.4. The van der Waals surface area contributed by atoms with Crippen molar-refractivity contribution in [3.63, 3.8) is 0 Å². The van der Waals surface area contributed by atoms with Crippen molar-refractivity contribution < 1.29 is 9.53 Å². The van der Waals surface area contributed by atoms with Crippen LogP contribution < -0.4 is 5.32 Å². The lowest BCUT2D eigenvalue weighted by Gasteiger charge is -2.25. The van der Waals surface area contributed by atoms with Gasteiger partial charge in [0, 0.05) is 17.9 Å². The van der Waals surface area contributed by atoms with Crippen LogP contribution in [0.15, 0.2) is 53.4 Å². The first-order chi connectivity index (χ1) is 11.3. The highest BCUT2D eigenvalue weighted by Gasteiger charge is 2.20. The molecule has 0 radical (unpaired) electrons. The summed E-state index contributed by atoms with van der Waals surface area (Å²) in [6.07, 6.45) is 0.891. The summed E-state index contributed by atoms with van der Waals surface area (Å²) in [4.78, 5) is 13.5. The average Bonchev–Trinajstić information content (AvgIpc) is 2.60. The third-order valence-corrected chi connectivity index (χ3v) is 4.92. The van der Waals surface area contributed by atoms with Crippen molar-refractivity contribution in [1.29, 1.82) is 0 Å². The van der Waals surface area contributed by atoms with Gasteiger partial charge in [0.1, 0.15) is 0 Å². The van der Waals surface area contributed by atoms with E-state index in [1.165, 1.54) is 11.1 Å². The fourth-order valence-corrected chi connectivity index (χ4v) is 3.58. The molecule has 3 nitrogen and oxygen atoms in total. The molecular weight excluding hydrogens is 306 g/mol. The van der Waals surface area contributed by atoms with Crippen LogP contribution in [-0.2, 0) is 17.8 Å². The summed E-state index contributed by atoms with van der Waals surface area (Å²) in [5.41, 5.74) is 3.32. The zero-order valence-corrected chi connectivity index (χ0v) is 14.1. The summed E-state index contributed by atoms with van der Waals surface area (Å²) in [7, 11) is 0. The summed E-state index contributed by atoms with van der Waals surface area (Å²) in [5.74, 6) is 0.927. The molecule has 4 heteroatoms. The number of nitrogens with one attached hydrogen (secondary N) is 1. The minimum atomic E-state index is -0.0241. The molecule has 1 amide bonds. The minimum Gasteiger partial charge on any atom is -0.371 e. The van der Waals surface area contributed by atoms with E-state index in [-0.39, 0.29) is 12.0 Å². The lowest BCUT2D eigenvalue weighted by atomic mass is 9.99. The molecule has 2 aromatic carbocycles. The molecule has 1 N–H and O–H groups in total. The SMILES string of the molecule is CCSc1ccccc1C(=O)NCC1Cc2ccccc2CO1. The van der Waals surface area contributed by atoms with Crippen LogP contribution in [0.25, 0.3) is 0 Å². The van der Waals surface area contributed by atoms with Gasteiger partial charge < -0.3 is 10.1 Å². The number of ether oxygens (including phenoxy) is 1. The van der Waals surface area contributed by atoms with Crippen molar-refractivity contribution in [3.05, 3.63) is 65.2 Å². The van der Waals surface area contributed by atoms with E-state index < -0.39 is 0 Å². The van der Waals surface area contributed by atoms with Crippen LogP contribution in [0.5, 0.6) is 0 Å². The molecule has 1 aliphatic rings. The summed E-state index contributed by atoms with van der Waals surface area (Å²) >= 11 is 1.69. The molecule has 2 aromatic rings. The minimum absolute atomic E-state index is 0.0241. The Hall–Kier alpha value is -1.78.